The Balaban J connectivity index is 1.24. The summed E-state index contributed by atoms with van der Waals surface area (Å²) in [4.78, 5) is 19.3. The topological polar surface area (TPSA) is 72.9 Å². The van der Waals surface area contributed by atoms with Crippen molar-refractivity contribution in [3.63, 3.8) is 0 Å². The van der Waals surface area contributed by atoms with Gasteiger partial charge >= 0.3 is 0 Å². The molecular weight excluding hydrogens is 366 g/mol. The summed E-state index contributed by atoms with van der Waals surface area (Å²) in [6.45, 7) is 1.52. The fraction of sp³-hybridized carbons (Fsp3) is 0.263. The predicted octanol–water partition coefficient (Wildman–Crippen LogP) is 3.11. The van der Waals surface area contributed by atoms with Crippen LogP contribution in [0.1, 0.15) is 0 Å². The Morgan fingerprint density at radius 2 is 2.11 bits per heavy atom. The normalized spacial score (nSPS) is 15.7. The summed E-state index contributed by atoms with van der Waals surface area (Å²) >= 11 is 1.61. The van der Waals surface area contributed by atoms with Crippen molar-refractivity contribution < 1.29 is 19.0 Å². The summed E-state index contributed by atoms with van der Waals surface area (Å²) in [7, 11) is 1.65. The van der Waals surface area contributed by atoms with Gasteiger partial charge in [-0.15, -0.1) is 0 Å². The highest BCUT2D eigenvalue weighted by Gasteiger charge is 2.34. The third kappa shape index (κ3) is 2.82. The molecule has 27 heavy (non-hydrogen) atoms. The van der Waals surface area contributed by atoms with E-state index in [1.807, 2.05) is 24.3 Å². The molecule has 0 aliphatic carbocycles. The summed E-state index contributed by atoms with van der Waals surface area (Å²) in [5, 5.41) is 3.87. The largest absolute Gasteiger partial charge is 0.494 e. The van der Waals surface area contributed by atoms with Crippen LogP contribution in [0.3, 0.4) is 0 Å². The second-order valence-corrected chi connectivity index (χ2v) is 7.47. The van der Waals surface area contributed by atoms with E-state index in [0.717, 1.165) is 21.1 Å². The minimum Gasteiger partial charge on any atom is -0.494 e. The van der Waals surface area contributed by atoms with Gasteiger partial charge < -0.3 is 24.4 Å². The molecule has 0 bridgehead atoms. The number of thiazole rings is 1. The minimum atomic E-state index is -0.0654. The van der Waals surface area contributed by atoms with Gasteiger partial charge in [0, 0.05) is 24.8 Å². The first-order valence-corrected chi connectivity index (χ1v) is 9.42. The first kappa shape index (κ1) is 16.2. The first-order valence-electron chi connectivity index (χ1n) is 8.60. The van der Waals surface area contributed by atoms with Crippen molar-refractivity contribution in [3.8, 4) is 17.2 Å². The van der Waals surface area contributed by atoms with Crippen LogP contribution in [0.25, 0.3) is 10.2 Å². The molecule has 138 valence electrons. The standard InChI is InChI=1S/C19H17N3O4S/c1-24-14-3-2-4-16-17(14)21-19(27-16)22-8-11(9-22)18(23)20-12-5-6-13-15(7-12)26-10-25-13/h2-7,11H,8-10H2,1H3,(H,20,23). The Hall–Kier alpha value is -3.00. The zero-order valence-corrected chi connectivity index (χ0v) is 15.4. The van der Waals surface area contributed by atoms with Crippen LogP contribution in [0.5, 0.6) is 17.2 Å². The lowest BCUT2D eigenvalue weighted by atomic mass is 10.00. The molecule has 2 aromatic carbocycles. The Labute approximate surface area is 159 Å². The van der Waals surface area contributed by atoms with Crippen LogP contribution in [-0.2, 0) is 4.79 Å². The van der Waals surface area contributed by atoms with E-state index in [4.69, 9.17) is 14.2 Å². The van der Waals surface area contributed by atoms with Crippen LogP contribution in [0, 0.1) is 5.92 Å². The molecule has 7 nitrogen and oxygen atoms in total. The number of carbonyl (C=O) groups is 1. The molecule has 1 N–H and O–H groups in total. The molecule has 8 heteroatoms. The van der Waals surface area contributed by atoms with Crippen molar-refractivity contribution in [2.45, 2.75) is 0 Å². The van der Waals surface area contributed by atoms with Crippen molar-refractivity contribution >= 4 is 38.3 Å². The molecule has 0 atom stereocenters. The Bertz CT molecular complexity index is 1030. The molecule has 1 fully saturated rings. The smallest absolute Gasteiger partial charge is 0.231 e. The van der Waals surface area contributed by atoms with Gasteiger partial charge in [0.25, 0.3) is 0 Å². The maximum atomic E-state index is 12.5. The molecule has 1 amide bonds. The highest BCUT2D eigenvalue weighted by atomic mass is 32.1. The molecule has 0 radical (unpaired) electrons. The number of benzene rings is 2. The SMILES string of the molecule is COc1cccc2sc(N3CC(C(=O)Nc4ccc5c(c4)OCO5)C3)nc12. The number of para-hydroxylation sites is 1. The Morgan fingerprint density at radius 1 is 1.26 bits per heavy atom. The van der Waals surface area contributed by atoms with Crippen molar-refractivity contribution in [1.29, 1.82) is 0 Å². The van der Waals surface area contributed by atoms with Gasteiger partial charge in [-0.2, -0.15) is 0 Å². The van der Waals surface area contributed by atoms with Crippen molar-refractivity contribution in [3.05, 3.63) is 36.4 Å². The fourth-order valence-corrected chi connectivity index (χ4v) is 4.23. The molecule has 0 unspecified atom stereocenters. The molecule has 3 aromatic rings. The first-order chi connectivity index (χ1) is 13.2. The highest BCUT2D eigenvalue weighted by Crippen LogP contribution is 2.37. The molecular formula is C19H17N3O4S. The molecule has 0 saturated carbocycles. The van der Waals surface area contributed by atoms with Gasteiger partial charge in [-0.05, 0) is 24.3 Å². The van der Waals surface area contributed by atoms with Crippen LogP contribution >= 0.6 is 11.3 Å². The summed E-state index contributed by atoms with van der Waals surface area (Å²) < 4.78 is 17.1. The summed E-state index contributed by atoms with van der Waals surface area (Å²) in [6.07, 6.45) is 0. The van der Waals surface area contributed by atoms with Crippen molar-refractivity contribution in [2.75, 3.05) is 37.2 Å². The van der Waals surface area contributed by atoms with Crippen LogP contribution in [0.15, 0.2) is 36.4 Å². The van der Waals surface area contributed by atoms with Crippen molar-refractivity contribution in [1.82, 2.24) is 4.98 Å². The average Bonchev–Trinajstić information content (AvgIpc) is 3.25. The quantitative estimate of drug-likeness (QED) is 0.746. The van der Waals surface area contributed by atoms with Crippen LogP contribution in [0.2, 0.25) is 0 Å². The van der Waals surface area contributed by atoms with Gasteiger partial charge in [0.2, 0.25) is 12.7 Å². The minimum absolute atomic E-state index is 0.00352. The van der Waals surface area contributed by atoms with Crippen LogP contribution in [-0.4, -0.2) is 37.9 Å². The molecule has 1 aromatic heterocycles. The van der Waals surface area contributed by atoms with E-state index >= 15 is 0 Å². The fourth-order valence-electron chi connectivity index (χ4n) is 3.23. The van der Waals surface area contributed by atoms with E-state index < -0.39 is 0 Å². The molecule has 2 aliphatic rings. The number of ether oxygens (including phenoxy) is 3. The van der Waals surface area contributed by atoms with Crippen LogP contribution in [0.4, 0.5) is 10.8 Å². The number of aromatic nitrogens is 1. The van der Waals surface area contributed by atoms with Crippen LogP contribution < -0.4 is 24.4 Å². The van der Waals surface area contributed by atoms with Gasteiger partial charge in [0.1, 0.15) is 11.3 Å². The lowest BCUT2D eigenvalue weighted by Crippen LogP contribution is -2.52. The second kappa shape index (κ2) is 6.31. The Kier molecular flexibility index (Phi) is 3.78. The van der Waals surface area contributed by atoms with Gasteiger partial charge in [-0.1, -0.05) is 17.4 Å². The third-order valence-corrected chi connectivity index (χ3v) is 5.83. The number of anilines is 2. The number of rotatable bonds is 4. The zero-order chi connectivity index (χ0) is 18.4. The molecule has 0 spiro atoms. The lowest BCUT2D eigenvalue weighted by molar-refractivity contribution is -0.120. The Morgan fingerprint density at radius 3 is 2.96 bits per heavy atom. The number of carbonyl (C=O) groups excluding carboxylic acids is 1. The van der Waals surface area contributed by atoms with E-state index in [0.29, 0.717) is 30.3 Å². The van der Waals surface area contributed by atoms with Gasteiger partial charge in [0.05, 0.1) is 17.7 Å². The van der Waals surface area contributed by atoms with E-state index in [2.05, 4.69) is 15.2 Å². The zero-order valence-electron chi connectivity index (χ0n) is 14.6. The second-order valence-electron chi connectivity index (χ2n) is 6.46. The number of hydrogen-bond donors (Lipinski definition) is 1. The van der Waals surface area contributed by atoms with Crippen molar-refractivity contribution in [2.24, 2.45) is 5.92 Å². The monoisotopic (exact) mass is 383 g/mol. The van der Waals surface area contributed by atoms with E-state index in [-0.39, 0.29) is 18.6 Å². The van der Waals surface area contributed by atoms with E-state index in [9.17, 15) is 4.79 Å². The molecule has 5 rings (SSSR count). The van der Waals surface area contributed by atoms with E-state index in [1.165, 1.54) is 0 Å². The summed E-state index contributed by atoms with van der Waals surface area (Å²) in [5.41, 5.74) is 1.58. The summed E-state index contributed by atoms with van der Waals surface area (Å²) in [5.74, 6) is 2.07. The number of fused-ring (bicyclic) bond motifs is 2. The number of methoxy groups -OCH3 is 1. The summed E-state index contributed by atoms with van der Waals surface area (Å²) in [6, 6.07) is 11.3. The van der Waals surface area contributed by atoms with E-state index in [1.54, 1.807) is 30.6 Å². The number of nitrogens with zero attached hydrogens (tertiary/aromatic N) is 2. The van der Waals surface area contributed by atoms with Gasteiger partial charge in [-0.25, -0.2) is 4.98 Å². The lowest BCUT2D eigenvalue weighted by Gasteiger charge is -2.37. The number of amides is 1. The maximum Gasteiger partial charge on any atom is 0.231 e. The molecule has 2 aliphatic heterocycles. The maximum absolute atomic E-state index is 12.5. The third-order valence-electron chi connectivity index (χ3n) is 4.75. The molecule has 3 heterocycles. The van der Waals surface area contributed by atoms with Gasteiger partial charge in [0.15, 0.2) is 16.6 Å². The number of hydrogen-bond acceptors (Lipinski definition) is 7. The average molecular weight is 383 g/mol. The molecule has 1 saturated heterocycles. The predicted molar refractivity (Wildman–Crippen MR) is 103 cm³/mol. The van der Waals surface area contributed by atoms with Gasteiger partial charge in [-0.3, -0.25) is 4.79 Å². The number of nitrogens with one attached hydrogen (secondary N) is 1. The highest BCUT2D eigenvalue weighted by molar-refractivity contribution is 7.22.